The second-order valence-corrected chi connectivity index (χ2v) is 8.93. The molecule has 3 rings (SSSR count). The largest absolute Gasteiger partial charge is 0.497 e. The van der Waals surface area contributed by atoms with Crippen molar-refractivity contribution >= 4 is 10.0 Å². The molecule has 2 aromatic rings. The number of hydrogen-bond acceptors (Lipinski definition) is 4. The van der Waals surface area contributed by atoms with Crippen LogP contribution in [0.25, 0.3) is 0 Å². The molecule has 146 valence electrons. The number of aryl methyl sites for hydroxylation is 1. The molecule has 0 aromatic heterocycles. The fraction of sp³-hybridized carbons (Fsp3) is 0.429. The van der Waals surface area contributed by atoms with Crippen LogP contribution in [0.4, 0.5) is 0 Å². The van der Waals surface area contributed by atoms with Gasteiger partial charge in [0.05, 0.1) is 12.0 Å². The fourth-order valence-corrected chi connectivity index (χ4v) is 4.91. The highest BCUT2D eigenvalue weighted by Crippen LogP contribution is 2.21. The molecule has 5 nitrogen and oxygen atoms in total. The van der Waals surface area contributed by atoms with Crippen molar-refractivity contribution in [2.24, 2.45) is 0 Å². The Balaban J connectivity index is 1.54. The molecule has 0 saturated carbocycles. The van der Waals surface area contributed by atoms with Crippen LogP contribution >= 0.6 is 0 Å². The topological polar surface area (TPSA) is 49.9 Å². The van der Waals surface area contributed by atoms with Crippen molar-refractivity contribution in [2.45, 2.75) is 30.7 Å². The van der Waals surface area contributed by atoms with Crippen LogP contribution in [0.5, 0.6) is 5.75 Å². The molecule has 1 heterocycles. The average Bonchev–Trinajstić information content (AvgIpc) is 2.73. The van der Waals surface area contributed by atoms with Gasteiger partial charge < -0.3 is 4.74 Å². The summed E-state index contributed by atoms with van der Waals surface area (Å²) in [6.07, 6.45) is 2.13. The molecule has 0 N–H and O–H groups in total. The zero-order chi connectivity index (χ0) is 19.3. The van der Waals surface area contributed by atoms with Crippen molar-refractivity contribution in [1.29, 1.82) is 0 Å². The molecule has 0 spiro atoms. The number of sulfonamides is 1. The van der Waals surface area contributed by atoms with E-state index in [2.05, 4.69) is 36.1 Å². The predicted octanol–water partition coefficient (Wildman–Crippen LogP) is 3.02. The SMILES string of the molecule is COc1ccc(S(=O)(=O)N2CCN([C@@H](C)CCc3ccccc3)CC2)cc1. The van der Waals surface area contributed by atoms with E-state index in [1.54, 1.807) is 35.7 Å². The molecule has 6 heteroatoms. The Labute approximate surface area is 162 Å². The van der Waals surface area contributed by atoms with Crippen LogP contribution in [0.2, 0.25) is 0 Å². The monoisotopic (exact) mass is 388 g/mol. The van der Waals surface area contributed by atoms with E-state index in [-0.39, 0.29) is 0 Å². The van der Waals surface area contributed by atoms with Crippen LogP contribution in [0, 0.1) is 0 Å². The van der Waals surface area contributed by atoms with Gasteiger partial charge in [-0.05, 0) is 49.6 Å². The summed E-state index contributed by atoms with van der Waals surface area (Å²) in [5, 5.41) is 0. The first-order chi connectivity index (χ1) is 13.0. The lowest BCUT2D eigenvalue weighted by Gasteiger charge is -2.37. The standard InChI is InChI=1S/C21H28N2O3S/c1-18(8-9-19-6-4-3-5-7-19)22-14-16-23(17-15-22)27(24,25)21-12-10-20(26-2)11-13-21/h3-7,10-13,18H,8-9,14-17H2,1-2H3/t18-/m0/s1. The summed E-state index contributed by atoms with van der Waals surface area (Å²) in [7, 11) is -1.87. The normalized spacial score (nSPS) is 17.6. The van der Waals surface area contributed by atoms with Gasteiger partial charge in [0.2, 0.25) is 10.0 Å². The van der Waals surface area contributed by atoms with E-state index in [4.69, 9.17) is 4.74 Å². The maximum atomic E-state index is 12.8. The summed E-state index contributed by atoms with van der Waals surface area (Å²) in [6, 6.07) is 17.5. The van der Waals surface area contributed by atoms with Crippen molar-refractivity contribution in [3.05, 3.63) is 60.2 Å². The van der Waals surface area contributed by atoms with E-state index in [1.807, 2.05) is 6.07 Å². The van der Waals surface area contributed by atoms with Gasteiger partial charge in [-0.1, -0.05) is 30.3 Å². The van der Waals surface area contributed by atoms with E-state index in [1.165, 1.54) is 5.56 Å². The molecule has 0 aliphatic carbocycles. The Morgan fingerprint density at radius 3 is 2.19 bits per heavy atom. The van der Waals surface area contributed by atoms with Crippen molar-refractivity contribution in [1.82, 2.24) is 9.21 Å². The van der Waals surface area contributed by atoms with Gasteiger partial charge in [-0.15, -0.1) is 0 Å². The van der Waals surface area contributed by atoms with Gasteiger partial charge in [0.25, 0.3) is 0 Å². The van der Waals surface area contributed by atoms with Crippen LogP contribution < -0.4 is 4.74 Å². The molecule has 1 aliphatic heterocycles. The van der Waals surface area contributed by atoms with E-state index in [0.29, 0.717) is 29.8 Å². The lowest BCUT2D eigenvalue weighted by molar-refractivity contribution is 0.140. The van der Waals surface area contributed by atoms with Gasteiger partial charge in [-0.3, -0.25) is 4.90 Å². The van der Waals surface area contributed by atoms with E-state index >= 15 is 0 Å². The Morgan fingerprint density at radius 1 is 0.963 bits per heavy atom. The average molecular weight is 389 g/mol. The maximum absolute atomic E-state index is 12.8. The summed E-state index contributed by atoms with van der Waals surface area (Å²) < 4.78 is 32.4. The van der Waals surface area contributed by atoms with Crippen molar-refractivity contribution in [2.75, 3.05) is 33.3 Å². The predicted molar refractivity (Wildman–Crippen MR) is 108 cm³/mol. The summed E-state index contributed by atoms with van der Waals surface area (Å²) in [6.45, 7) is 4.83. The molecule has 0 unspecified atom stereocenters. The van der Waals surface area contributed by atoms with Crippen molar-refractivity contribution in [3.8, 4) is 5.75 Å². The molecule has 0 radical (unpaired) electrons. The highest BCUT2D eigenvalue weighted by Gasteiger charge is 2.29. The molecule has 1 saturated heterocycles. The molecule has 1 fully saturated rings. The first-order valence-electron chi connectivity index (χ1n) is 9.43. The zero-order valence-electron chi connectivity index (χ0n) is 16.0. The lowest BCUT2D eigenvalue weighted by atomic mass is 10.0. The minimum Gasteiger partial charge on any atom is -0.497 e. The van der Waals surface area contributed by atoms with Crippen LogP contribution in [-0.2, 0) is 16.4 Å². The Kier molecular flexibility index (Phi) is 6.52. The fourth-order valence-electron chi connectivity index (χ4n) is 3.48. The van der Waals surface area contributed by atoms with Crippen molar-refractivity contribution < 1.29 is 13.2 Å². The Bertz CT molecular complexity index is 814. The van der Waals surface area contributed by atoms with Gasteiger partial charge in [-0.25, -0.2) is 8.42 Å². The third-order valence-electron chi connectivity index (χ3n) is 5.29. The van der Waals surface area contributed by atoms with Crippen LogP contribution in [0.1, 0.15) is 18.9 Å². The summed E-state index contributed by atoms with van der Waals surface area (Å²) >= 11 is 0. The smallest absolute Gasteiger partial charge is 0.243 e. The number of methoxy groups -OCH3 is 1. The summed E-state index contributed by atoms with van der Waals surface area (Å²) in [5.74, 6) is 0.658. The van der Waals surface area contributed by atoms with E-state index in [0.717, 1.165) is 25.9 Å². The van der Waals surface area contributed by atoms with Crippen molar-refractivity contribution in [3.63, 3.8) is 0 Å². The van der Waals surface area contributed by atoms with Gasteiger partial charge in [-0.2, -0.15) is 4.31 Å². The Hall–Kier alpha value is -1.89. The summed E-state index contributed by atoms with van der Waals surface area (Å²) in [5.41, 5.74) is 1.35. The number of rotatable bonds is 7. The number of piperazine rings is 1. The quantitative estimate of drug-likeness (QED) is 0.732. The van der Waals surface area contributed by atoms with Gasteiger partial charge in [0.15, 0.2) is 0 Å². The number of ether oxygens (including phenoxy) is 1. The van der Waals surface area contributed by atoms with E-state index in [9.17, 15) is 8.42 Å². The second kappa shape index (κ2) is 8.87. The molecule has 27 heavy (non-hydrogen) atoms. The maximum Gasteiger partial charge on any atom is 0.243 e. The van der Waals surface area contributed by atoms with Crippen LogP contribution in [0.15, 0.2) is 59.5 Å². The number of nitrogens with zero attached hydrogens (tertiary/aromatic N) is 2. The number of hydrogen-bond donors (Lipinski definition) is 0. The van der Waals surface area contributed by atoms with E-state index < -0.39 is 10.0 Å². The summed E-state index contributed by atoms with van der Waals surface area (Å²) in [4.78, 5) is 2.72. The lowest BCUT2D eigenvalue weighted by Crippen LogP contribution is -2.51. The molecular formula is C21H28N2O3S. The highest BCUT2D eigenvalue weighted by molar-refractivity contribution is 7.89. The van der Waals surface area contributed by atoms with Gasteiger partial charge >= 0.3 is 0 Å². The molecule has 0 bridgehead atoms. The zero-order valence-corrected chi connectivity index (χ0v) is 16.9. The second-order valence-electron chi connectivity index (χ2n) is 6.99. The minimum atomic E-state index is -3.44. The van der Waals surface area contributed by atoms with Gasteiger partial charge in [0.1, 0.15) is 5.75 Å². The molecule has 1 atom stereocenters. The molecule has 2 aromatic carbocycles. The first kappa shape index (κ1) is 19.9. The third-order valence-corrected chi connectivity index (χ3v) is 7.20. The molecular weight excluding hydrogens is 360 g/mol. The third kappa shape index (κ3) is 4.89. The number of benzene rings is 2. The van der Waals surface area contributed by atoms with Gasteiger partial charge in [0, 0.05) is 32.2 Å². The molecule has 0 amide bonds. The Morgan fingerprint density at radius 2 is 1.59 bits per heavy atom. The first-order valence-corrected chi connectivity index (χ1v) is 10.9. The molecule has 1 aliphatic rings. The highest BCUT2D eigenvalue weighted by atomic mass is 32.2. The minimum absolute atomic E-state index is 0.328. The van der Waals surface area contributed by atoms with Crippen LogP contribution in [0.3, 0.4) is 0 Å². The van der Waals surface area contributed by atoms with Crippen LogP contribution in [-0.4, -0.2) is 57.0 Å².